The first kappa shape index (κ1) is 18.2. The van der Waals surface area contributed by atoms with Crippen molar-refractivity contribution in [3.8, 4) is 11.5 Å². The lowest BCUT2D eigenvalue weighted by atomic mass is 10.0. The van der Waals surface area contributed by atoms with Gasteiger partial charge in [-0.2, -0.15) is 0 Å². The maximum Gasteiger partial charge on any atom is 0.335 e. The van der Waals surface area contributed by atoms with Crippen molar-refractivity contribution in [2.24, 2.45) is 0 Å². The quantitative estimate of drug-likeness (QED) is 0.451. The molecule has 0 aliphatic heterocycles. The molecule has 128 valence electrons. The minimum atomic E-state index is -0.473. The van der Waals surface area contributed by atoms with Gasteiger partial charge >= 0.3 is 11.9 Å². The molecule has 2 aromatic carbocycles. The highest BCUT2D eigenvalue weighted by Gasteiger charge is 2.06. The Bertz CT molecular complexity index is 801. The monoisotopic (exact) mass is 336 g/mol. The summed E-state index contributed by atoms with van der Waals surface area (Å²) in [7, 11) is 0. The summed E-state index contributed by atoms with van der Waals surface area (Å²) in [6.45, 7) is 7.03. The summed E-state index contributed by atoms with van der Waals surface area (Å²) in [5.41, 5.74) is 3.06. The zero-order chi connectivity index (χ0) is 18.2. The van der Waals surface area contributed by atoms with Crippen LogP contribution in [-0.4, -0.2) is 11.9 Å². The van der Waals surface area contributed by atoms with Gasteiger partial charge in [0.15, 0.2) is 0 Å². The molecule has 0 bridgehead atoms. The first-order valence-electron chi connectivity index (χ1n) is 7.89. The Hall–Kier alpha value is -3.14. The number of hydrogen-bond acceptors (Lipinski definition) is 4. The van der Waals surface area contributed by atoms with Crippen molar-refractivity contribution in [2.45, 2.75) is 20.3 Å². The van der Waals surface area contributed by atoms with E-state index in [1.165, 1.54) is 6.08 Å². The lowest BCUT2D eigenvalue weighted by molar-refractivity contribution is -0.129. The maximum absolute atomic E-state index is 11.4. The molecule has 0 amide bonds. The smallest absolute Gasteiger partial charge is 0.335 e. The largest absolute Gasteiger partial charge is 0.423 e. The fourth-order valence-corrected chi connectivity index (χ4v) is 2.28. The highest BCUT2D eigenvalue weighted by molar-refractivity contribution is 5.84. The summed E-state index contributed by atoms with van der Waals surface area (Å²) in [5.74, 6) is 0.170. The second-order valence-electron chi connectivity index (χ2n) is 5.47. The maximum atomic E-state index is 11.4. The van der Waals surface area contributed by atoms with Gasteiger partial charge in [-0.25, -0.2) is 9.59 Å². The first-order valence-corrected chi connectivity index (χ1v) is 7.89. The van der Waals surface area contributed by atoms with E-state index in [1.54, 1.807) is 31.2 Å². The van der Waals surface area contributed by atoms with Gasteiger partial charge in [0.2, 0.25) is 0 Å². The van der Waals surface area contributed by atoms with E-state index in [0.717, 1.165) is 29.2 Å². The average Bonchev–Trinajstić information content (AvgIpc) is 2.59. The molecule has 0 radical (unpaired) electrons. The third kappa shape index (κ3) is 5.46. The van der Waals surface area contributed by atoms with E-state index >= 15 is 0 Å². The molecule has 0 aromatic heterocycles. The molecule has 4 nitrogen and oxygen atoms in total. The van der Waals surface area contributed by atoms with Crippen LogP contribution in [0, 0.1) is 6.92 Å². The van der Waals surface area contributed by atoms with Crippen LogP contribution >= 0.6 is 0 Å². The van der Waals surface area contributed by atoms with E-state index in [4.69, 9.17) is 9.47 Å². The third-order valence-corrected chi connectivity index (χ3v) is 3.47. The van der Waals surface area contributed by atoms with Gasteiger partial charge in [0, 0.05) is 12.2 Å². The summed E-state index contributed by atoms with van der Waals surface area (Å²) in [6.07, 6.45) is 4.87. The number of ether oxygens (including phenoxy) is 2. The Morgan fingerprint density at radius 1 is 1.00 bits per heavy atom. The Balaban J connectivity index is 2.04. The van der Waals surface area contributed by atoms with Crippen LogP contribution in [0.5, 0.6) is 11.5 Å². The molecule has 0 saturated carbocycles. The molecule has 0 aliphatic rings. The molecule has 2 aromatic rings. The number of hydrogen-bond donors (Lipinski definition) is 0. The highest BCUT2D eigenvalue weighted by Crippen LogP contribution is 2.22. The van der Waals surface area contributed by atoms with Gasteiger partial charge in [-0.3, -0.25) is 0 Å². The first-order chi connectivity index (χ1) is 12.0. The molecule has 2 rings (SSSR count). The van der Waals surface area contributed by atoms with Crippen molar-refractivity contribution in [1.29, 1.82) is 0 Å². The third-order valence-electron chi connectivity index (χ3n) is 3.47. The van der Waals surface area contributed by atoms with Gasteiger partial charge in [0.05, 0.1) is 0 Å². The lowest BCUT2D eigenvalue weighted by Gasteiger charge is -2.09. The van der Waals surface area contributed by atoms with E-state index in [1.807, 2.05) is 31.2 Å². The molecule has 4 heteroatoms. The van der Waals surface area contributed by atoms with Crippen LogP contribution in [0.15, 0.2) is 67.3 Å². The summed E-state index contributed by atoms with van der Waals surface area (Å²) < 4.78 is 10.3. The predicted molar refractivity (Wildman–Crippen MR) is 96.7 cm³/mol. The normalized spacial score (nSPS) is 10.5. The fourth-order valence-electron chi connectivity index (χ4n) is 2.28. The molecule has 0 fully saturated rings. The molecule has 0 atom stereocenters. The summed E-state index contributed by atoms with van der Waals surface area (Å²) >= 11 is 0. The standard InChI is InChI=1S/C21H20O4/c1-4-6-21(23)24-18-10-7-16(8-11-18)14-17-9-12-19(15(3)13-17)25-20(22)5-2/h4-13H,2,14H2,1,3H3. The van der Waals surface area contributed by atoms with Crippen LogP contribution in [0.25, 0.3) is 0 Å². The molecule has 0 heterocycles. The van der Waals surface area contributed by atoms with Crippen LogP contribution in [0.4, 0.5) is 0 Å². The zero-order valence-electron chi connectivity index (χ0n) is 14.3. The Kier molecular flexibility index (Phi) is 6.29. The number of esters is 2. The predicted octanol–water partition coefficient (Wildman–Crippen LogP) is 4.16. The molecule has 0 spiro atoms. The molecule has 0 N–H and O–H groups in total. The minimum Gasteiger partial charge on any atom is -0.423 e. The summed E-state index contributed by atoms with van der Waals surface area (Å²) in [6, 6.07) is 13.0. The van der Waals surface area contributed by atoms with Crippen molar-refractivity contribution in [3.63, 3.8) is 0 Å². The molecule has 0 saturated heterocycles. The summed E-state index contributed by atoms with van der Waals surface area (Å²) in [5, 5.41) is 0. The van der Waals surface area contributed by atoms with Gasteiger partial charge in [0.25, 0.3) is 0 Å². The minimum absolute atomic E-state index is 0.393. The number of aryl methyl sites for hydroxylation is 1. The van der Waals surface area contributed by atoms with E-state index in [2.05, 4.69) is 6.58 Å². The highest BCUT2D eigenvalue weighted by atomic mass is 16.5. The van der Waals surface area contributed by atoms with Crippen LogP contribution in [0.1, 0.15) is 23.6 Å². The Morgan fingerprint density at radius 2 is 1.68 bits per heavy atom. The molecule has 25 heavy (non-hydrogen) atoms. The number of benzene rings is 2. The topological polar surface area (TPSA) is 52.6 Å². The van der Waals surface area contributed by atoms with Gasteiger partial charge < -0.3 is 9.47 Å². The molecular formula is C21H20O4. The van der Waals surface area contributed by atoms with Crippen molar-refractivity contribution in [2.75, 3.05) is 0 Å². The SMILES string of the molecule is C=CC(=O)Oc1ccc(Cc2ccc(OC(=O)C=CC)cc2)cc1C. The second kappa shape index (κ2) is 8.64. The van der Waals surface area contributed by atoms with Gasteiger partial charge in [0.1, 0.15) is 11.5 Å². The van der Waals surface area contributed by atoms with E-state index in [0.29, 0.717) is 11.5 Å². The fraction of sp³-hybridized carbons (Fsp3) is 0.143. The van der Waals surface area contributed by atoms with Crippen LogP contribution < -0.4 is 9.47 Å². The number of carbonyl (C=O) groups excluding carboxylic acids is 2. The Labute approximate surface area is 147 Å². The zero-order valence-corrected chi connectivity index (χ0v) is 14.3. The van der Waals surface area contributed by atoms with Crippen LogP contribution in [-0.2, 0) is 16.0 Å². The Morgan fingerprint density at radius 3 is 2.28 bits per heavy atom. The van der Waals surface area contributed by atoms with E-state index < -0.39 is 11.9 Å². The second-order valence-corrected chi connectivity index (χ2v) is 5.47. The average molecular weight is 336 g/mol. The van der Waals surface area contributed by atoms with Crippen molar-refractivity contribution >= 4 is 11.9 Å². The number of carbonyl (C=O) groups is 2. The van der Waals surface area contributed by atoms with Gasteiger partial charge in [-0.1, -0.05) is 36.9 Å². The molecular weight excluding hydrogens is 316 g/mol. The molecule has 0 aliphatic carbocycles. The van der Waals surface area contributed by atoms with Crippen LogP contribution in [0.3, 0.4) is 0 Å². The number of rotatable bonds is 6. The van der Waals surface area contributed by atoms with Crippen molar-refractivity contribution < 1.29 is 19.1 Å². The van der Waals surface area contributed by atoms with E-state index in [-0.39, 0.29) is 0 Å². The van der Waals surface area contributed by atoms with Crippen LogP contribution in [0.2, 0.25) is 0 Å². The van der Waals surface area contributed by atoms with Crippen molar-refractivity contribution in [3.05, 3.63) is 84.0 Å². The van der Waals surface area contributed by atoms with Gasteiger partial charge in [-0.05, 0) is 55.2 Å². The number of allylic oxidation sites excluding steroid dienone is 1. The summed E-state index contributed by atoms with van der Waals surface area (Å²) in [4.78, 5) is 22.7. The van der Waals surface area contributed by atoms with Crippen molar-refractivity contribution in [1.82, 2.24) is 0 Å². The van der Waals surface area contributed by atoms with E-state index in [9.17, 15) is 9.59 Å². The lowest BCUT2D eigenvalue weighted by Crippen LogP contribution is -2.04. The van der Waals surface area contributed by atoms with Gasteiger partial charge in [-0.15, -0.1) is 0 Å². The molecule has 0 unspecified atom stereocenters.